The first kappa shape index (κ1) is 24.4. The van der Waals surface area contributed by atoms with Gasteiger partial charge in [0, 0.05) is 11.3 Å². The van der Waals surface area contributed by atoms with Crippen molar-refractivity contribution in [2.45, 2.75) is 36.0 Å². The topological polar surface area (TPSA) is 121 Å². The first-order chi connectivity index (χ1) is 15.7. The predicted molar refractivity (Wildman–Crippen MR) is 127 cm³/mol. The van der Waals surface area contributed by atoms with Crippen molar-refractivity contribution in [1.82, 2.24) is 10.3 Å². The van der Waals surface area contributed by atoms with Gasteiger partial charge in [-0.3, -0.25) is 14.9 Å². The van der Waals surface area contributed by atoms with E-state index in [1.807, 2.05) is 4.83 Å². The quantitative estimate of drug-likeness (QED) is 0.378. The third kappa shape index (κ3) is 6.64. The molecule has 3 rings (SSSR count). The molecule has 0 aliphatic carbocycles. The van der Waals surface area contributed by atoms with Gasteiger partial charge in [-0.15, -0.1) is 4.83 Å². The molecule has 0 atom stereocenters. The number of sulfonamides is 2. The first-order valence-corrected chi connectivity index (χ1v) is 13.3. The van der Waals surface area contributed by atoms with Crippen molar-refractivity contribution in [2.75, 3.05) is 4.72 Å². The predicted octanol–water partition coefficient (Wildman–Crippen LogP) is 3.45. The van der Waals surface area contributed by atoms with Gasteiger partial charge < -0.3 is 0 Å². The van der Waals surface area contributed by atoms with E-state index in [1.54, 1.807) is 42.5 Å². The maximum atomic E-state index is 12.6. The average Bonchev–Trinajstić information content (AvgIpc) is 2.82. The SMILES string of the molecule is CCCCc1ccc(S(=O)(=O)Nc2ccc(C(=O)NNS(=O)(=O)c3ccccc3)cc2)cc1. The maximum Gasteiger partial charge on any atom is 0.266 e. The molecule has 0 aliphatic rings. The number of hydrazine groups is 1. The highest BCUT2D eigenvalue weighted by atomic mass is 32.2. The summed E-state index contributed by atoms with van der Waals surface area (Å²) in [6.45, 7) is 2.10. The second-order valence-corrected chi connectivity index (χ2v) is 10.7. The highest BCUT2D eigenvalue weighted by molar-refractivity contribution is 7.92. The largest absolute Gasteiger partial charge is 0.280 e. The molecular formula is C23H25N3O5S2. The van der Waals surface area contributed by atoms with Crippen molar-refractivity contribution >= 4 is 31.6 Å². The molecule has 0 aromatic heterocycles. The summed E-state index contributed by atoms with van der Waals surface area (Å²) in [5.41, 5.74) is 3.63. The molecule has 0 heterocycles. The Kier molecular flexibility index (Phi) is 7.85. The number of nitrogens with one attached hydrogen (secondary N) is 3. The number of hydrogen-bond donors (Lipinski definition) is 3. The van der Waals surface area contributed by atoms with Crippen LogP contribution in [0.15, 0.2) is 88.7 Å². The summed E-state index contributed by atoms with van der Waals surface area (Å²) in [5, 5.41) is 0. The summed E-state index contributed by atoms with van der Waals surface area (Å²) in [7, 11) is -7.69. The summed E-state index contributed by atoms with van der Waals surface area (Å²) >= 11 is 0. The van der Waals surface area contributed by atoms with Crippen molar-refractivity contribution in [1.29, 1.82) is 0 Å². The number of unbranched alkanes of at least 4 members (excludes halogenated alkanes) is 1. The van der Waals surface area contributed by atoms with Gasteiger partial charge in [-0.25, -0.2) is 16.8 Å². The van der Waals surface area contributed by atoms with E-state index in [-0.39, 0.29) is 21.0 Å². The Morgan fingerprint density at radius 2 is 1.36 bits per heavy atom. The molecule has 174 valence electrons. The average molecular weight is 488 g/mol. The standard InChI is InChI=1S/C23H25N3O5S2/c1-2-3-7-18-10-16-22(17-11-18)32(28,29)25-20-14-12-19(13-15-20)23(27)24-26-33(30,31)21-8-5-4-6-9-21/h4-6,8-17,25-26H,2-3,7H2,1H3,(H,24,27). The third-order valence-corrected chi connectivity index (χ3v) is 7.47. The summed E-state index contributed by atoms with van der Waals surface area (Å²) < 4.78 is 52.1. The minimum absolute atomic E-state index is 0.00782. The van der Waals surface area contributed by atoms with Gasteiger partial charge in [0.1, 0.15) is 0 Å². The van der Waals surface area contributed by atoms with Crippen LogP contribution in [0.2, 0.25) is 0 Å². The van der Waals surface area contributed by atoms with Crippen LogP contribution in [-0.4, -0.2) is 22.7 Å². The van der Waals surface area contributed by atoms with Gasteiger partial charge in [0.05, 0.1) is 9.79 Å². The molecule has 0 saturated carbocycles. The molecule has 1 amide bonds. The van der Waals surface area contributed by atoms with Gasteiger partial charge >= 0.3 is 0 Å². The van der Waals surface area contributed by atoms with Gasteiger partial charge in [-0.05, 0) is 66.9 Å². The smallest absolute Gasteiger partial charge is 0.266 e. The van der Waals surface area contributed by atoms with Crippen LogP contribution < -0.4 is 15.0 Å². The summed E-state index contributed by atoms with van der Waals surface area (Å²) in [6, 6.07) is 20.0. The van der Waals surface area contributed by atoms with E-state index < -0.39 is 26.0 Å². The fourth-order valence-corrected chi connectivity index (χ4v) is 4.88. The van der Waals surface area contributed by atoms with E-state index >= 15 is 0 Å². The summed E-state index contributed by atoms with van der Waals surface area (Å²) in [6.07, 6.45) is 3.00. The lowest BCUT2D eigenvalue weighted by Crippen LogP contribution is -2.41. The molecule has 8 nitrogen and oxygen atoms in total. The Bertz CT molecular complexity index is 1290. The molecule has 0 aliphatic heterocycles. The van der Waals surface area contributed by atoms with Crippen molar-refractivity contribution in [2.24, 2.45) is 0 Å². The second-order valence-electron chi connectivity index (χ2n) is 7.30. The number of amides is 1. The van der Waals surface area contributed by atoms with Gasteiger partial charge in [0.15, 0.2) is 0 Å². The molecule has 3 aromatic rings. The fraction of sp³-hybridized carbons (Fsp3) is 0.174. The zero-order valence-corrected chi connectivity index (χ0v) is 19.6. The van der Waals surface area contributed by atoms with Crippen molar-refractivity contribution < 1.29 is 21.6 Å². The summed E-state index contributed by atoms with van der Waals surface area (Å²) in [5.74, 6) is -0.688. The number of carbonyl (C=O) groups is 1. The van der Waals surface area contributed by atoms with Crippen LogP contribution in [0, 0.1) is 0 Å². The molecule has 3 N–H and O–H groups in total. The number of anilines is 1. The van der Waals surface area contributed by atoms with E-state index in [4.69, 9.17) is 0 Å². The Hall–Kier alpha value is -3.21. The highest BCUT2D eigenvalue weighted by Gasteiger charge is 2.17. The van der Waals surface area contributed by atoms with Gasteiger partial charge in [-0.2, -0.15) is 0 Å². The van der Waals surface area contributed by atoms with Crippen LogP contribution in [-0.2, 0) is 26.5 Å². The zero-order chi connectivity index (χ0) is 23.9. The Morgan fingerprint density at radius 1 is 0.758 bits per heavy atom. The molecule has 0 fully saturated rings. The molecule has 0 radical (unpaired) electrons. The van der Waals surface area contributed by atoms with Crippen molar-refractivity contribution in [3.8, 4) is 0 Å². The number of benzene rings is 3. The third-order valence-electron chi connectivity index (χ3n) is 4.80. The molecule has 3 aromatic carbocycles. The van der Waals surface area contributed by atoms with E-state index in [1.165, 1.54) is 36.4 Å². The lowest BCUT2D eigenvalue weighted by Gasteiger charge is -2.11. The van der Waals surface area contributed by atoms with E-state index in [9.17, 15) is 21.6 Å². The minimum Gasteiger partial charge on any atom is -0.280 e. The Labute approximate surface area is 194 Å². The highest BCUT2D eigenvalue weighted by Crippen LogP contribution is 2.18. The normalized spacial score (nSPS) is 11.7. The Balaban J connectivity index is 1.61. The number of aryl methyl sites for hydroxylation is 1. The molecule has 0 bridgehead atoms. The van der Waals surface area contributed by atoms with E-state index in [0.717, 1.165) is 24.8 Å². The van der Waals surface area contributed by atoms with Crippen molar-refractivity contribution in [3.63, 3.8) is 0 Å². The molecule has 0 saturated heterocycles. The molecule has 10 heteroatoms. The number of hydrogen-bond acceptors (Lipinski definition) is 5. The van der Waals surface area contributed by atoms with Gasteiger partial charge in [-0.1, -0.05) is 43.7 Å². The van der Waals surface area contributed by atoms with Crippen LogP contribution in [0.1, 0.15) is 35.7 Å². The first-order valence-electron chi connectivity index (χ1n) is 10.3. The number of carbonyl (C=O) groups excluding carboxylic acids is 1. The second kappa shape index (κ2) is 10.6. The lowest BCUT2D eigenvalue weighted by molar-refractivity contribution is 0.0945. The van der Waals surface area contributed by atoms with Crippen LogP contribution in [0.4, 0.5) is 5.69 Å². The van der Waals surface area contributed by atoms with E-state index in [0.29, 0.717) is 0 Å². The maximum absolute atomic E-state index is 12.6. The van der Waals surface area contributed by atoms with Crippen LogP contribution in [0.3, 0.4) is 0 Å². The zero-order valence-electron chi connectivity index (χ0n) is 18.0. The summed E-state index contributed by atoms with van der Waals surface area (Å²) in [4.78, 5) is 14.4. The van der Waals surface area contributed by atoms with Crippen LogP contribution in [0.25, 0.3) is 0 Å². The fourth-order valence-electron chi connectivity index (χ4n) is 2.96. The van der Waals surface area contributed by atoms with E-state index in [2.05, 4.69) is 17.1 Å². The van der Waals surface area contributed by atoms with Gasteiger partial charge in [0.25, 0.3) is 26.0 Å². The number of rotatable bonds is 10. The monoisotopic (exact) mass is 487 g/mol. The van der Waals surface area contributed by atoms with Gasteiger partial charge in [0.2, 0.25) is 0 Å². The lowest BCUT2D eigenvalue weighted by atomic mass is 10.1. The molecule has 0 unspecified atom stereocenters. The molecule has 0 spiro atoms. The Morgan fingerprint density at radius 3 is 1.97 bits per heavy atom. The van der Waals surface area contributed by atoms with Crippen LogP contribution in [0.5, 0.6) is 0 Å². The minimum atomic E-state index is -3.91. The molecule has 33 heavy (non-hydrogen) atoms. The molecular weight excluding hydrogens is 462 g/mol. The van der Waals surface area contributed by atoms with Crippen molar-refractivity contribution in [3.05, 3.63) is 90.0 Å². The van der Waals surface area contributed by atoms with Crippen LogP contribution >= 0.6 is 0 Å².